The highest BCUT2D eigenvalue weighted by molar-refractivity contribution is 6.13. The molecule has 0 spiro atoms. The Labute approximate surface area is 102 Å². The highest BCUT2D eigenvalue weighted by Gasteiger charge is 2.14. The number of carbonyl (C=O) groups is 2. The fourth-order valence-electron chi connectivity index (χ4n) is 2.27. The Kier molecular flexibility index (Phi) is 2.16. The van der Waals surface area contributed by atoms with Gasteiger partial charge in [-0.15, -0.1) is 0 Å². The topological polar surface area (TPSA) is 59.3 Å². The molecule has 0 saturated heterocycles. The lowest BCUT2D eigenvalue weighted by Crippen LogP contribution is -2.06. The summed E-state index contributed by atoms with van der Waals surface area (Å²) in [7, 11) is 0. The molecule has 3 aromatic rings. The molecule has 2 aromatic carbocycles. The zero-order chi connectivity index (χ0) is 12.7. The van der Waals surface area contributed by atoms with Crippen LogP contribution in [0.1, 0.15) is 10.4 Å². The highest BCUT2D eigenvalue weighted by atomic mass is 16.4. The minimum Gasteiger partial charge on any atom is -0.464 e. The SMILES string of the molecule is O=Cc1ccc2c(c1)c1ccccc1n2C(=O)O. The molecule has 88 valence electrons. The molecule has 3 rings (SSSR count). The minimum atomic E-state index is -1.03. The molecular formula is C14H9NO3. The lowest BCUT2D eigenvalue weighted by atomic mass is 10.1. The molecule has 4 nitrogen and oxygen atoms in total. The van der Waals surface area contributed by atoms with E-state index in [0.29, 0.717) is 16.6 Å². The van der Waals surface area contributed by atoms with Crippen LogP contribution in [0.4, 0.5) is 4.79 Å². The van der Waals surface area contributed by atoms with E-state index in [-0.39, 0.29) is 0 Å². The van der Waals surface area contributed by atoms with Crippen LogP contribution in [0.2, 0.25) is 0 Å². The molecule has 0 aliphatic carbocycles. The fraction of sp³-hybridized carbons (Fsp3) is 0. The van der Waals surface area contributed by atoms with Gasteiger partial charge in [0, 0.05) is 16.3 Å². The predicted octanol–water partition coefficient (Wildman–Crippen LogP) is 3.13. The normalized spacial score (nSPS) is 10.9. The second-order valence-corrected chi connectivity index (χ2v) is 4.03. The molecule has 0 aliphatic heterocycles. The number of para-hydroxylation sites is 1. The van der Waals surface area contributed by atoms with Gasteiger partial charge in [0.25, 0.3) is 0 Å². The first-order valence-corrected chi connectivity index (χ1v) is 5.44. The van der Waals surface area contributed by atoms with Gasteiger partial charge in [0.1, 0.15) is 6.29 Å². The first-order valence-electron chi connectivity index (χ1n) is 5.44. The lowest BCUT2D eigenvalue weighted by molar-refractivity contribution is 0.112. The van der Waals surface area contributed by atoms with Gasteiger partial charge in [-0.1, -0.05) is 18.2 Å². The number of nitrogens with zero attached hydrogens (tertiary/aromatic N) is 1. The maximum Gasteiger partial charge on any atom is 0.416 e. The second-order valence-electron chi connectivity index (χ2n) is 4.03. The quantitative estimate of drug-likeness (QED) is 0.663. The zero-order valence-corrected chi connectivity index (χ0v) is 9.33. The van der Waals surface area contributed by atoms with Crippen molar-refractivity contribution in [3.8, 4) is 0 Å². The van der Waals surface area contributed by atoms with Gasteiger partial charge in [-0.05, 0) is 24.3 Å². The Morgan fingerprint density at radius 2 is 1.78 bits per heavy atom. The van der Waals surface area contributed by atoms with Gasteiger partial charge in [-0.2, -0.15) is 0 Å². The molecule has 0 saturated carbocycles. The smallest absolute Gasteiger partial charge is 0.416 e. The molecule has 0 bridgehead atoms. The van der Waals surface area contributed by atoms with E-state index in [2.05, 4.69) is 0 Å². The Bertz CT molecular complexity index is 786. The molecule has 0 aliphatic rings. The number of benzene rings is 2. The fourth-order valence-corrected chi connectivity index (χ4v) is 2.27. The third-order valence-electron chi connectivity index (χ3n) is 3.02. The van der Waals surface area contributed by atoms with E-state index >= 15 is 0 Å². The minimum absolute atomic E-state index is 0.538. The van der Waals surface area contributed by atoms with Crippen molar-refractivity contribution in [1.29, 1.82) is 0 Å². The van der Waals surface area contributed by atoms with Crippen molar-refractivity contribution < 1.29 is 14.7 Å². The van der Waals surface area contributed by atoms with Crippen LogP contribution in [0.15, 0.2) is 42.5 Å². The zero-order valence-electron chi connectivity index (χ0n) is 9.33. The number of aromatic nitrogens is 1. The first-order chi connectivity index (χ1) is 8.72. The van der Waals surface area contributed by atoms with Crippen molar-refractivity contribution in [3.63, 3.8) is 0 Å². The van der Waals surface area contributed by atoms with E-state index in [0.717, 1.165) is 17.1 Å². The molecule has 4 heteroatoms. The van der Waals surface area contributed by atoms with Crippen molar-refractivity contribution in [3.05, 3.63) is 48.0 Å². The largest absolute Gasteiger partial charge is 0.464 e. The number of fused-ring (bicyclic) bond motifs is 3. The lowest BCUT2D eigenvalue weighted by Gasteiger charge is -1.99. The van der Waals surface area contributed by atoms with Crippen molar-refractivity contribution >= 4 is 34.2 Å². The Balaban J connectivity index is 2.57. The van der Waals surface area contributed by atoms with Crippen molar-refractivity contribution in [2.75, 3.05) is 0 Å². The maximum atomic E-state index is 11.3. The highest BCUT2D eigenvalue weighted by Crippen LogP contribution is 2.29. The number of hydrogen-bond acceptors (Lipinski definition) is 2. The van der Waals surface area contributed by atoms with Gasteiger partial charge in [0.15, 0.2) is 0 Å². The summed E-state index contributed by atoms with van der Waals surface area (Å²) < 4.78 is 1.24. The molecular weight excluding hydrogens is 230 g/mol. The van der Waals surface area contributed by atoms with Crippen LogP contribution in [0.25, 0.3) is 21.8 Å². The third-order valence-corrected chi connectivity index (χ3v) is 3.02. The number of hydrogen-bond donors (Lipinski definition) is 1. The standard InChI is InChI=1S/C14H9NO3/c16-8-9-5-6-13-11(7-9)10-3-1-2-4-12(10)15(13)14(17)18/h1-8H,(H,17,18). The third kappa shape index (κ3) is 1.32. The van der Waals surface area contributed by atoms with Crippen LogP contribution < -0.4 is 0 Å². The van der Waals surface area contributed by atoms with E-state index in [1.807, 2.05) is 12.1 Å². The van der Waals surface area contributed by atoms with Crippen molar-refractivity contribution in [2.24, 2.45) is 0 Å². The Morgan fingerprint density at radius 3 is 2.50 bits per heavy atom. The molecule has 0 radical (unpaired) electrons. The van der Waals surface area contributed by atoms with E-state index < -0.39 is 6.09 Å². The van der Waals surface area contributed by atoms with Gasteiger partial charge in [0.05, 0.1) is 11.0 Å². The summed E-state index contributed by atoms with van der Waals surface area (Å²) in [4.78, 5) is 22.1. The van der Waals surface area contributed by atoms with E-state index in [9.17, 15) is 14.7 Å². The first kappa shape index (κ1) is 10.5. The summed E-state index contributed by atoms with van der Waals surface area (Å²) in [5.74, 6) is 0. The summed E-state index contributed by atoms with van der Waals surface area (Å²) >= 11 is 0. The van der Waals surface area contributed by atoms with Gasteiger partial charge in [-0.3, -0.25) is 4.79 Å². The number of carbonyl (C=O) groups excluding carboxylic acids is 1. The van der Waals surface area contributed by atoms with E-state index in [1.54, 1.807) is 30.3 Å². The summed E-state index contributed by atoms with van der Waals surface area (Å²) in [6.45, 7) is 0. The van der Waals surface area contributed by atoms with Gasteiger partial charge < -0.3 is 5.11 Å². The van der Waals surface area contributed by atoms with Gasteiger partial charge in [0.2, 0.25) is 0 Å². The second kappa shape index (κ2) is 3.70. The predicted molar refractivity (Wildman–Crippen MR) is 68.3 cm³/mol. The Morgan fingerprint density at radius 1 is 1.06 bits per heavy atom. The molecule has 0 atom stereocenters. The molecule has 0 amide bonds. The molecule has 0 unspecified atom stereocenters. The van der Waals surface area contributed by atoms with Crippen LogP contribution in [0.3, 0.4) is 0 Å². The number of aldehydes is 1. The summed E-state index contributed by atoms with van der Waals surface area (Å²) in [6.07, 6.45) is -0.271. The van der Waals surface area contributed by atoms with Crippen molar-refractivity contribution in [1.82, 2.24) is 4.57 Å². The molecule has 1 N–H and O–H groups in total. The van der Waals surface area contributed by atoms with E-state index in [4.69, 9.17) is 0 Å². The molecule has 1 heterocycles. The van der Waals surface area contributed by atoms with Crippen LogP contribution in [0, 0.1) is 0 Å². The van der Waals surface area contributed by atoms with Crippen molar-refractivity contribution in [2.45, 2.75) is 0 Å². The van der Waals surface area contributed by atoms with Gasteiger partial charge in [-0.25, -0.2) is 9.36 Å². The van der Waals surface area contributed by atoms with Crippen LogP contribution in [-0.2, 0) is 0 Å². The maximum absolute atomic E-state index is 11.3. The molecule has 1 aromatic heterocycles. The van der Waals surface area contributed by atoms with Gasteiger partial charge >= 0.3 is 6.09 Å². The summed E-state index contributed by atoms with van der Waals surface area (Å²) in [5, 5.41) is 10.9. The van der Waals surface area contributed by atoms with Crippen LogP contribution >= 0.6 is 0 Å². The summed E-state index contributed by atoms with van der Waals surface area (Å²) in [5.41, 5.74) is 1.76. The number of carboxylic acid groups (broad SMARTS) is 1. The average Bonchev–Trinajstić information content (AvgIpc) is 2.72. The molecule has 0 fully saturated rings. The van der Waals surface area contributed by atoms with Crippen LogP contribution in [-0.4, -0.2) is 22.1 Å². The molecule has 18 heavy (non-hydrogen) atoms. The van der Waals surface area contributed by atoms with E-state index in [1.165, 1.54) is 4.57 Å². The Hall–Kier alpha value is -2.62. The number of rotatable bonds is 1. The average molecular weight is 239 g/mol. The monoisotopic (exact) mass is 239 g/mol. The summed E-state index contributed by atoms with van der Waals surface area (Å²) in [6, 6.07) is 12.2. The van der Waals surface area contributed by atoms with Crippen LogP contribution in [0.5, 0.6) is 0 Å².